The van der Waals surface area contributed by atoms with E-state index in [0.717, 1.165) is 16.9 Å². The van der Waals surface area contributed by atoms with E-state index in [2.05, 4.69) is 15.4 Å². The second kappa shape index (κ2) is 7.36. The van der Waals surface area contributed by atoms with Crippen molar-refractivity contribution in [3.05, 3.63) is 70.6 Å². The second-order valence-corrected chi connectivity index (χ2v) is 5.83. The lowest BCUT2D eigenvalue weighted by atomic mass is 10.2. The van der Waals surface area contributed by atoms with E-state index in [4.69, 9.17) is 16.3 Å². The summed E-state index contributed by atoms with van der Waals surface area (Å²) >= 11 is 6.02. The first-order chi connectivity index (χ1) is 12.1. The highest BCUT2D eigenvalue weighted by atomic mass is 35.5. The van der Waals surface area contributed by atoms with Gasteiger partial charge in [-0.2, -0.15) is 5.10 Å². The van der Waals surface area contributed by atoms with E-state index in [9.17, 15) is 4.79 Å². The van der Waals surface area contributed by atoms with Gasteiger partial charge in [-0.15, -0.1) is 0 Å². The van der Waals surface area contributed by atoms with E-state index < -0.39 is 0 Å². The monoisotopic (exact) mass is 356 g/mol. The predicted octanol–water partition coefficient (Wildman–Crippen LogP) is 3.17. The molecule has 7 heteroatoms. The molecule has 1 amide bonds. The zero-order chi connectivity index (χ0) is 17.8. The quantitative estimate of drug-likeness (QED) is 0.762. The van der Waals surface area contributed by atoms with Crippen LogP contribution in [-0.2, 0) is 6.54 Å². The Bertz CT molecular complexity index is 908. The SMILES string of the molecule is COc1ncccc1CNC(=O)c1cnn(-c2cccc(Cl)c2)c1C. The van der Waals surface area contributed by atoms with Gasteiger partial charge in [0.15, 0.2) is 0 Å². The minimum absolute atomic E-state index is 0.211. The molecule has 0 spiro atoms. The molecule has 128 valence electrons. The number of nitrogens with one attached hydrogen (secondary N) is 1. The minimum atomic E-state index is -0.211. The number of hydrogen-bond donors (Lipinski definition) is 1. The van der Waals surface area contributed by atoms with E-state index in [1.165, 1.54) is 0 Å². The van der Waals surface area contributed by atoms with Gasteiger partial charge in [-0.25, -0.2) is 9.67 Å². The molecular weight excluding hydrogens is 340 g/mol. The first kappa shape index (κ1) is 17.0. The van der Waals surface area contributed by atoms with Crippen molar-refractivity contribution >= 4 is 17.5 Å². The van der Waals surface area contributed by atoms with Crippen molar-refractivity contribution < 1.29 is 9.53 Å². The van der Waals surface area contributed by atoms with Gasteiger partial charge in [0, 0.05) is 23.3 Å². The molecule has 2 heterocycles. The molecule has 0 saturated heterocycles. The number of pyridine rings is 1. The summed E-state index contributed by atoms with van der Waals surface area (Å²) in [4.78, 5) is 16.6. The van der Waals surface area contributed by atoms with Crippen LogP contribution < -0.4 is 10.1 Å². The lowest BCUT2D eigenvalue weighted by Gasteiger charge is -2.09. The minimum Gasteiger partial charge on any atom is -0.481 e. The summed E-state index contributed by atoms with van der Waals surface area (Å²) in [5.41, 5.74) is 2.84. The Morgan fingerprint density at radius 3 is 2.92 bits per heavy atom. The third-order valence-electron chi connectivity index (χ3n) is 3.79. The van der Waals surface area contributed by atoms with Crippen LogP contribution in [0.15, 0.2) is 48.8 Å². The van der Waals surface area contributed by atoms with Gasteiger partial charge >= 0.3 is 0 Å². The Balaban J connectivity index is 1.77. The van der Waals surface area contributed by atoms with Crippen molar-refractivity contribution in [2.45, 2.75) is 13.5 Å². The van der Waals surface area contributed by atoms with Crippen molar-refractivity contribution in [1.29, 1.82) is 0 Å². The van der Waals surface area contributed by atoms with Crippen molar-refractivity contribution in [1.82, 2.24) is 20.1 Å². The molecule has 3 rings (SSSR count). The molecule has 1 aromatic carbocycles. The van der Waals surface area contributed by atoms with Crippen LogP contribution in [0.3, 0.4) is 0 Å². The van der Waals surface area contributed by atoms with Crippen molar-refractivity contribution in [2.75, 3.05) is 7.11 Å². The van der Waals surface area contributed by atoms with Crippen LogP contribution in [0.25, 0.3) is 5.69 Å². The number of carbonyl (C=O) groups excluding carboxylic acids is 1. The Morgan fingerprint density at radius 2 is 2.16 bits per heavy atom. The largest absolute Gasteiger partial charge is 0.481 e. The van der Waals surface area contributed by atoms with Crippen molar-refractivity contribution in [3.8, 4) is 11.6 Å². The lowest BCUT2D eigenvalue weighted by Crippen LogP contribution is -2.23. The fourth-order valence-corrected chi connectivity index (χ4v) is 2.70. The zero-order valence-electron chi connectivity index (χ0n) is 13.9. The Labute approximate surface area is 150 Å². The van der Waals surface area contributed by atoms with Crippen LogP contribution >= 0.6 is 11.6 Å². The molecule has 1 N–H and O–H groups in total. The van der Waals surface area contributed by atoms with Gasteiger partial charge in [-0.1, -0.05) is 23.7 Å². The van der Waals surface area contributed by atoms with Gasteiger partial charge in [0.25, 0.3) is 5.91 Å². The summed E-state index contributed by atoms with van der Waals surface area (Å²) in [5.74, 6) is 0.283. The molecule has 0 unspecified atom stereocenters. The molecule has 0 radical (unpaired) electrons. The molecular formula is C18H17ClN4O2. The molecule has 0 aliphatic carbocycles. The Kier molecular flexibility index (Phi) is 5.00. The number of nitrogens with zero attached hydrogens (tertiary/aromatic N) is 3. The van der Waals surface area contributed by atoms with E-state index in [1.807, 2.05) is 25.1 Å². The molecule has 0 atom stereocenters. The third-order valence-corrected chi connectivity index (χ3v) is 4.03. The number of ether oxygens (including phenoxy) is 1. The van der Waals surface area contributed by atoms with Gasteiger partial charge in [-0.3, -0.25) is 4.79 Å². The van der Waals surface area contributed by atoms with Crippen LogP contribution in [0.1, 0.15) is 21.6 Å². The topological polar surface area (TPSA) is 69.0 Å². The van der Waals surface area contributed by atoms with Crippen LogP contribution in [-0.4, -0.2) is 27.8 Å². The fraction of sp³-hybridized carbons (Fsp3) is 0.167. The van der Waals surface area contributed by atoms with E-state index in [-0.39, 0.29) is 5.91 Å². The lowest BCUT2D eigenvalue weighted by molar-refractivity contribution is 0.0950. The van der Waals surface area contributed by atoms with Crippen molar-refractivity contribution in [2.24, 2.45) is 0 Å². The van der Waals surface area contributed by atoms with Crippen LogP contribution in [0.2, 0.25) is 5.02 Å². The van der Waals surface area contributed by atoms with E-state index in [1.54, 1.807) is 42.4 Å². The number of methoxy groups -OCH3 is 1. The smallest absolute Gasteiger partial charge is 0.255 e. The standard InChI is InChI=1S/C18H17ClN4O2/c1-12-16(11-22-23(12)15-7-3-6-14(19)9-15)17(24)21-10-13-5-4-8-20-18(13)25-2/h3-9,11H,10H2,1-2H3,(H,21,24). The summed E-state index contributed by atoms with van der Waals surface area (Å²) in [6, 6.07) is 11.0. The molecule has 0 aliphatic heterocycles. The normalized spacial score (nSPS) is 10.5. The van der Waals surface area contributed by atoms with Gasteiger partial charge in [0.2, 0.25) is 5.88 Å². The number of benzene rings is 1. The molecule has 25 heavy (non-hydrogen) atoms. The summed E-state index contributed by atoms with van der Waals surface area (Å²) in [7, 11) is 1.55. The molecule has 0 bridgehead atoms. The number of carbonyl (C=O) groups is 1. The Morgan fingerprint density at radius 1 is 1.32 bits per heavy atom. The van der Waals surface area contributed by atoms with Crippen LogP contribution in [0, 0.1) is 6.92 Å². The highest BCUT2D eigenvalue weighted by Crippen LogP contribution is 2.18. The molecule has 0 fully saturated rings. The van der Waals surface area contributed by atoms with Crippen molar-refractivity contribution in [3.63, 3.8) is 0 Å². The predicted molar refractivity (Wildman–Crippen MR) is 95.3 cm³/mol. The van der Waals surface area contributed by atoms with E-state index in [0.29, 0.717) is 23.0 Å². The maximum absolute atomic E-state index is 12.5. The number of hydrogen-bond acceptors (Lipinski definition) is 4. The summed E-state index contributed by atoms with van der Waals surface area (Å²) in [6.07, 6.45) is 3.19. The summed E-state index contributed by atoms with van der Waals surface area (Å²) in [5, 5.41) is 7.78. The number of amides is 1. The fourth-order valence-electron chi connectivity index (χ4n) is 2.51. The summed E-state index contributed by atoms with van der Waals surface area (Å²) < 4.78 is 6.87. The number of rotatable bonds is 5. The maximum Gasteiger partial charge on any atom is 0.255 e. The molecule has 3 aromatic rings. The molecule has 0 aliphatic rings. The summed E-state index contributed by atoms with van der Waals surface area (Å²) in [6.45, 7) is 2.16. The Hall–Kier alpha value is -2.86. The molecule has 6 nitrogen and oxygen atoms in total. The molecule has 2 aromatic heterocycles. The van der Waals surface area contributed by atoms with Gasteiger partial charge < -0.3 is 10.1 Å². The third kappa shape index (κ3) is 3.64. The first-order valence-corrected chi connectivity index (χ1v) is 8.04. The zero-order valence-corrected chi connectivity index (χ0v) is 14.6. The number of halogens is 1. The van der Waals surface area contributed by atoms with E-state index >= 15 is 0 Å². The molecule has 0 saturated carbocycles. The van der Waals surface area contributed by atoms with Crippen LogP contribution in [0.4, 0.5) is 0 Å². The highest BCUT2D eigenvalue weighted by Gasteiger charge is 2.16. The maximum atomic E-state index is 12.5. The average molecular weight is 357 g/mol. The number of aromatic nitrogens is 3. The van der Waals surface area contributed by atoms with Gasteiger partial charge in [-0.05, 0) is 31.2 Å². The van der Waals surface area contributed by atoms with Crippen LogP contribution in [0.5, 0.6) is 5.88 Å². The first-order valence-electron chi connectivity index (χ1n) is 7.67. The average Bonchev–Trinajstić information content (AvgIpc) is 3.01. The van der Waals surface area contributed by atoms with Gasteiger partial charge in [0.1, 0.15) is 0 Å². The highest BCUT2D eigenvalue weighted by molar-refractivity contribution is 6.30. The van der Waals surface area contributed by atoms with Gasteiger partial charge in [0.05, 0.1) is 30.3 Å². The second-order valence-electron chi connectivity index (χ2n) is 5.39.